The van der Waals surface area contributed by atoms with Crippen LogP contribution in [0.25, 0.3) is 0 Å². The first-order valence-corrected chi connectivity index (χ1v) is 4.45. The van der Waals surface area contributed by atoms with Gasteiger partial charge in [0.1, 0.15) is 0 Å². The lowest BCUT2D eigenvalue weighted by Crippen LogP contribution is -2.19. The van der Waals surface area contributed by atoms with Gasteiger partial charge in [0.2, 0.25) is 0 Å². The molecule has 1 unspecified atom stereocenters. The first kappa shape index (κ1) is 10.5. The highest BCUT2D eigenvalue weighted by Crippen LogP contribution is 2.30. The number of nitrogens with zero attached hydrogens (tertiary/aromatic N) is 1. The van der Waals surface area contributed by atoms with Crippen molar-refractivity contribution in [1.29, 1.82) is 0 Å². The van der Waals surface area contributed by atoms with Crippen molar-refractivity contribution in [3.8, 4) is 0 Å². The number of rotatable bonds is 2. The molecule has 1 aromatic rings. The van der Waals surface area contributed by atoms with Crippen molar-refractivity contribution in [2.24, 2.45) is 5.73 Å². The summed E-state index contributed by atoms with van der Waals surface area (Å²) in [7, 11) is 0. The van der Waals surface area contributed by atoms with Gasteiger partial charge in [-0.25, -0.2) is 4.98 Å². The monoisotopic (exact) mass is 210 g/mol. The van der Waals surface area contributed by atoms with Gasteiger partial charge in [0, 0.05) is 17.1 Å². The van der Waals surface area contributed by atoms with E-state index in [-0.39, 0.29) is 0 Å². The highest BCUT2D eigenvalue weighted by molar-refractivity contribution is 7.11. The van der Waals surface area contributed by atoms with Crippen LogP contribution in [0.3, 0.4) is 0 Å². The van der Waals surface area contributed by atoms with Crippen LogP contribution >= 0.6 is 11.3 Å². The second-order valence-electron chi connectivity index (χ2n) is 2.71. The molecular formula is C7H9F3N2S. The summed E-state index contributed by atoms with van der Waals surface area (Å²) in [5.74, 6) is 0. The fourth-order valence-electron chi connectivity index (χ4n) is 0.899. The third-order valence-electron chi connectivity index (χ3n) is 1.46. The topological polar surface area (TPSA) is 38.9 Å². The number of aromatic nitrogens is 1. The fraction of sp³-hybridized carbons (Fsp3) is 0.571. The zero-order chi connectivity index (χ0) is 10.1. The summed E-state index contributed by atoms with van der Waals surface area (Å²) in [5.41, 5.74) is 5.34. The molecule has 0 saturated heterocycles. The van der Waals surface area contributed by atoms with Gasteiger partial charge in [-0.1, -0.05) is 0 Å². The molecule has 74 valence electrons. The largest absolute Gasteiger partial charge is 0.390 e. The second kappa shape index (κ2) is 3.63. The average molecular weight is 210 g/mol. The highest BCUT2D eigenvalue weighted by Gasteiger charge is 2.31. The number of thiazole rings is 1. The molecular weight excluding hydrogens is 201 g/mol. The molecule has 0 aromatic carbocycles. The summed E-state index contributed by atoms with van der Waals surface area (Å²) < 4.78 is 35.7. The molecule has 2 nitrogen and oxygen atoms in total. The molecule has 0 aliphatic carbocycles. The number of nitrogens with two attached hydrogens (primary N) is 1. The van der Waals surface area contributed by atoms with E-state index < -0.39 is 18.6 Å². The van der Waals surface area contributed by atoms with Crippen LogP contribution in [0.5, 0.6) is 0 Å². The maximum absolute atomic E-state index is 11.9. The van der Waals surface area contributed by atoms with E-state index in [0.29, 0.717) is 4.88 Å². The van der Waals surface area contributed by atoms with Crippen molar-refractivity contribution in [2.45, 2.75) is 25.6 Å². The first-order valence-electron chi connectivity index (χ1n) is 3.63. The lowest BCUT2D eigenvalue weighted by molar-refractivity contribution is -0.138. The van der Waals surface area contributed by atoms with Crippen LogP contribution in [-0.2, 0) is 0 Å². The van der Waals surface area contributed by atoms with E-state index in [1.54, 1.807) is 6.92 Å². The van der Waals surface area contributed by atoms with E-state index in [1.807, 2.05) is 0 Å². The minimum atomic E-state index is -4.21. The molecule has 2 N–H and O–H groups in total. The Morgan fingerprint density at radius 1 is 1.62 bits per heavy atom. The SMILES string of the molecule is Cc1ncc(C(N)CC(F)(F)F)s1. The minimum Gasteiger partial charge on any atom is -0.323 e. The predicted octanol–water partition coefficient (Wildman–Crippen LogP) is 2.40. The third-order valence-corrected chi connectivity index (χ3v) is 2.50. The van der Waals surface area contributed by atoms with Gasteiger partial charge in [-0.15, -0.1) is 11.3 Å². The Balaban J connectivity index is 2.64. The van der Waals surface area contributed by atoms with Gasteiger partial charge in [0.25, 0.3) is 0 Å². The molecule has 0 spiro atoms. The highest BCUT2D eigenvalue weighted by atomic mass is 32.1. The van der Waals surface area contributed by atoms with Crippen molar-refractivity contribution in [3.05, 3.63) is 16.1 Å². The number of alkyl halides is 3. The van der Waals surface area contributed by atoms with E-state index in [1.165, 1.54) is 17.5 Å². The van der Waals surface area contributed by atoms with Crippen LogP contribution in [-0.4, -0.2) is 11.2 Å². The van der Waals surface area contributed by atoms with E-state index in [2.05, 4.69) is 4.98 Å². The molecule has 13 heavy (non-hydrogen) atoms. The molecule has 0 aliphatic rings. The number of hydrogen-bond acceptors (Lipinski definition) is 3. The van der Waals surface area contributed by atoms with Gasteiger partial charge < -0.3 is 5.73 Å². The molecule has 1 rings (SSSR count). The Hall–Kier alpha value is -0.620. The van der Waals surface area contributed by atoms with Crippen molar-refractivity contribution < 1.29 is 13.2 Å². The third kappa shape index (κ3) is 3.31. The molecule has 1 heterocycles. The average Bonchev–Trinajstić information content (AvgIpc) is 2.31. The molecule has 0 radical (unpaired) electrons. The van der Waals surface area contributed by atoms with Gasteiger partial charge in [0.15, 0.2) is 0 Å². The van der Waals surface area contributed by atoms with Crippen molar-refractivity contribution in [2.75, 3.05) is 0 Å². The molecule has 0 aliphatic heterocycles. The summed E-state index contributed by atoms with van der Waals surface area (Å²) >= 11 is 1.20. The molecule has 0 fully saturated rings. The van der Waals surface area contributed by atoms with Gasteiger partial charge in [0.05, 0.1) is 11.4 Å². The van der Waals surface area contributed by atoms with Crippen LogP contribution in [0.15, 0.2) is 6.20 Å². The first-order chi connectivity index (χ1) is 5.88. The zero-order valence-corrected chi connectivity index (χ0v) is 7.75. The standard InChI is InChI=1S/C7H9F3N2S/c1-4-12-3-6(13-4)5(11)2-7(8,9)10/h3,5H,2,11H2,1H3. The summed E-state index contributed by atoms with van der Waals surface area (Å²) in [5, 5.41) is 0.729. The van der Waals surface area contributed by atoms with Gasteiger partial charge in [-0.3, -0.25) is 0 Å². The Labute approximate surface area is 77.6 Å². The van der Waals surface area contributed by atoms with E-state index in [0.717, 1.165) is 5.01 Å². The zero-order valence-electron chi connectivity index (χ0n) is 6.93. The van der Waals surface area contributed by atoms with Crippen molar-refractivity contribution in [1.82, 2.24) is 4.98 Å². The van der Waals surface area contributed by atoms with Crippen LogP contribution < -0.4 is 5.73 Å². The molecule has 0 amide bonds. The number of halogens is 3. The Kier molecular flexibility index (Phi) is 2.92. The Morgan fingerprint density at radius 2 is 2.23 bits per heavy atom. The quantitative estimate of drug-likeness (QED) is 0.814. The predicted molar refractivity (Wildman–Crippen MR) is 44.5 cm³/mol. The smallest absolute Gasteiger partial charge is 0.323 e. The van der Waals surface area contributed by atoms with Crippen LogP contribution in [0.1, 0.15) is 22.3 Å². The van der Waals surface area contributed by atoms with E-state index in [9.17, 15) is 13.2 Å². The minimum absolute atomic E-state index is 0.481. The maximum Gasteiger partial charge on any atom is 0.390 e. The van der Waals surface area contributed by atoms with Crippen molar-refractivity contribution in [3.63, 3.8) is 0 Å². The molecule has 6 heteroatoms. The summed E-state index contributed by atoms with van der Waals surface area (Å²) in [6.07, 6.45) is -3.80. The van der Waals surface area contributed by atoms with Crippen LogP contribution in [0, 0.1) is 6.92 Å². The molecule has 0 bridgehead atoms. The fourth-order valence-corrected chi connectivity index (χ4v) is 1.69. The van der Waals surface area contributed by atoms with Gasteiger partial charge in [-0.2, -0.15) is 13.2 Å². The Morgan fingerprint density at radius 3 is 2.62 bits per heavy atom. The number of aryl methyl sites for hydroxylation is 1. The Bertz CT molecular complexity index is 282. The summed E-state index contributed by atoms with van der Waals surface area (Å²) in [6.45, 7) is 1.73. The second-order valence-corrected chi connectivity index (χ2v) is 3.97. The lowest BCUT2D eigenvalue weighted by atomic mass is 10.2. The molecule has 1 atom stereocenters. The van der Waals surface area contributed by atoms with Gasteiger partial charge >= 0.3 is 6.18 Å². The van der Waals surface area contributed by atoms with Crippen molar-refractivity contribution >= 4 is 11.3 Å². The molecule has 1 aromatic heterocycles. The summed E-state index contributed by atoms with van der Waals surface area (Å²) in [4.78, 5) is 4.32. The number of hydrogen-bond donors (Lipinski definition) is 1. The molecule has 0 saturated carbocycles. The normalized spacial score (nSPS) is 14.5. The maximum atomic E-state index is 11.9. The summed E-state index contributed by atoms with van der Waals surface area (Å²) in [6, 6.07) is -0.980. The van der Waals surface area contributed by atoms with Crippen LogP contribution in [0.2, 0.25) is 0 Å². The van der Waals surface area contributed by atoms with Gasteiger partial charge in [-0.05, 0) is 6.92 Å². The van der Waals surface area contributed by atoms with E-state index in [4.69, 9.17) is 5.73 Å². The van der Waals surface area contributed by atoms with E-state index >= 15 is 0 Å². The lowest BCUT2D eigenvalue weighted by Gasteiger charge is -2.11. The van der Waals surface area contributed by atoms with Crippen LogP contribution in [0.4, 0.5) is 13.2 Å².